The molecule has 1 fully saturated rings. The fourth-order valence-electron chi connectivity index (χ4n) is 4.41. The maximum atomic E-state index is 14.2. The van der Waals surface area contributed by atoms with Crippen LogP contribution in [0.15, 0.2) is 35.2 Å². The topological polar surface area (TPSA) is 120 Å². The van der Waals surface area contributed by atoms with E-state index in [9.17, 15) is 22.8 Å². The number of imide groups is 1. The molecule has 3 rings (SSSR count). The lowest BCUT2D eigenvalue weighted by molar-refractivity contribution is -0.132. The first kappa shape index (κ1) is 28.5. The van der Waals surface area contributed by atoms with Crippen LogP contribution < -0.4 is 9.64 Å². The average molecular weight is 533 g/mol. The van der Waals surface area contributed by atoms with E-state index in [1.165, 1.54) is 45.4 Å². The number of ether oxygens (including phenoxy) is 3. The summed E-state index contributed by atoms with van der Waals surface area (Å²) >= 11 is 0. The third-order valence-electron chi connectivity index (χ3n) is 6.55. The fraction of sp³-hybridized carbons (Fsp3) is 0.423. The summed E-state index contributed by atoms with van der Waals surface area (Å²) in [5, 5.41) is 0. The zero-order valence-electron chi connectivity index (χ0n) is 22.0. The van der Waals surface area contributed by atoms with Crippen molar-refractivity contribution in [3.8, 4) is 5.75 Å². The molecule has 2 aromatic rings. The minimum absolute atomic E-state index is 0.0976. The van der Waals surface area contributed by atoms with Crippen molar-refractivity contribution < 1.29 is 37.0 Å². The number of anilines is 1. The third-order valence-corrected chi connectivity index (χ3v) is 8.69. The highest BCUT2D eigenvalue weighted by Gasteiger charge is 2.48. The molecule has 0 spiro atoms. The zero-order chi connectivity index (χ0) is 27.7. The van der Waals surface area contributed by atoms with E-state index in [-0.39, 0.29) is 29.3 Å². The molecule has 2 amide bonds. The van der Waals surface area contributed by atoms with Gasteiger partial charge < -0.3 is 14.2 Å². The van der Waals surface area contributed by atoms with Gasteiger partial charge in [0.1, 0.15) is 11.8 Å². The summed E-state index contributed by atoms with van der Waals surface area (Å²) in [4.78, 5) is 38.9. The van der Waals surface area contributed by atoms with Crippen LogP contribution >= 0.6 is 0 Å². The largest absolute Gasteiger partial charge is 0.427 e. The molecule has 1 atom stereocenters. The minimum atomic E-state index is -4.27. The number of benzene rings is 2. The Labute approximate surface area is 217 Å². The van der Waals surface area contributed by atoms with Crippen molar-refractivity contribution in [2.24, 2.45) is 0 Å². The van der Waals surface area contributed by atoms with E-state index in [4.69, 9.17) is 14.2 Å². The molecule has 200 valence electrons. The highest BCUT2D eigenvalue weighted by atomic mass is 32.2. The standard InChI is InChI=1S/C26H32N2O8S/c1-15-12-16(2)18(4)25(17(15)3)37(32,33)27(14-24(34-6)35-7)22-13-23(30)28(26(22)31)20-8-10-21(11-9-20)36-19(5)29/h8-12,22,24H,13-14H2,1-7H3. The Balaban J connectivity index is 2.08. The van der Waals surface area contributed by atoms with Crippen LogP contribution in [0.5, 0.6) is 5.75 Å². The summed E-state index contributed by atoms with van der Waals surface area (Å²) in [6.45, 7) is 8.04. The summed E-state index contributed by atoms with van der Waals surface area (Å²) in [5.41, 5.74) is 2.95. The minimum Gasteiger partial charge on any atom is -0.427 e. The monoisotopic (exact) mass is 532 g/mol. The smallest absolute Gasteiger partial charge is 0.308 e. The number of nitrogens with zero attached hydrogens (tertiary/aromatic N) is 2. The maximum Gasteiger partial charge on any atom is 0.308 e. The van der Waals surface area contributed by atoms with Gasteiger partial charge in [0.05, 0.1) is 23.5 Å². The molecule has 0 N–H and O–H groups in total. The molecule has 0 radical (unpaired) electrons. The molecule has 0 aliphatic carbocycles. The van der Waals surface area contributed by atoms with Gasteiger partial charge in [-0.3, -0.25) is 14.4 Å². The van der Waals surface area contributed by atoms with E-state index in [1.807, 2.05) is 19.9 Å². The number of sulfonamides is 1. The molecule has 11 heteroatoms. The quantitative estimate of drug-likeness (QED) is 0.209. The van der Waals surface area contributed by atoms with Crippen molar-refractivity contribution in [2.45, 2.75) is 58.3 Å². The fourth-order valence-corrected chi connectivity index (χ4v) is 6.56. The number of esters is 1. The lowest BCUT2D eigenvalue weighted by Gasteiger charge is -2.31. The van der Waals surface area contributed by atoms with E-state index < -0.39 is 40.1 Å². The van der Waals surface area contributed by atoms with Gasteiger partial charge in [0.2, 0.25) is 15.9 Å². The van der Waals surface area contributed by atoms with Crippen LogP contribution in [0.2, 0.25) is 0 Å². The first-order valence-corrected chi connectivity index (χ1v) is 13.1. The Bertz CT molecular complexity index is 1290. The van der Waals surface area contributed by atoms with Gasteiger partial charge in [-0.2, -0.15) is 4.31 Å². The number of aryl methyl sites for hydroxylation is 2. The van der Waals surface area contributed by atoms with Crippen LogP contribution in [0.25, 0.3) is 0 Å². The van der Waals surface area contributed by atoms with Gasteiger partial charge in [0.15, 0.2) is 6.29 Å². The lowest BCUT2D eigenvalue weighted by atomic mass is 10.0. The van der Waals surface area contributed by atoms with Crippen molar-refractivity contribution in [3.05, 3.63) is 52.6 Å². The number of hydrogen-bond acceptors (Lipinski definition) is 8. The van der Waals surface area contributed by atoms with Crippen LogP contribution in [-0.2, 0) is 33.9 Å². The predicted octanol–water partition coefficient (Wildman–Crippen LogP) is 2.79. The van der Waals surface area contributed by atoms with Gasteiger partial charge in [-0.1, -0.05) is 6.07 Å². The van der Waals surface area contributed by atoms with Gasteiger partial charge in [-0.05, 0) is 74.2 Å². The van der Waals surface area contributed by atoms with Gasteiger partial charge in [0.25, 0.3) is 5.91 Å². The lowest BCUT2D eigenvalue weighted by Crippen LogP contribution is -2.49. The summed E-state index contributed by atoms with van der Waals surface area (Å²) in [6, 6.07) is 6.42. The second kappa shape index (κ2) is 11.1. The molecule has 10 nitrogen and oxygen atoms in total. The van der Waals surface area contributed by atoms with Crippen LogP contribution in [0.3, 0.4) is 0 Å². The second-order valence-corrected chi connectivity index (χ2v) is 10.8. The molecule has 1 saturated heterocycles. The van der Waals surface area contributed by atoms with Crippen molar-refractivity contribution in [1.82, 2.24) is 4.31 Å². The second-order valence-electron chi connectivity index (χ2n) is 8.94. The Morgan fingerprint density at radius 1 is 1.03 bits per heavy atom. The van der Waals surface area contributed by atoms with Gasteiger partial charge in [-0.15, -0.1) is 0 Å². The van der Waals surface area contributed by atoms with E-state index in [0.29, 0.717) is 11.1 Å². The van der Waals surface area contributed by atoms with Gasteiger partial charge >= 0.3 is 5.97 Å². The van der Waals surface area contributed by atoms with E-state index in [1.54, 1.807) is 13.8 Å². The molecule has 1 unspecified atom stereocenters. The van der Waals surface area contributed by atoms with Gasteiger partial charge in [-0.25, -0.2) is 13.3 Å². The van der Waals surface area contributed by atoms with E-state index >= 15 is 0 Å². The molecule has 0 bridgehead atoms. The highest BCUT2D eigenvalue weighted by Crippen LogP contribution is 2.34. The number of carbonyl (C=O) groups is 3. The molecule has 2 aromatic carbocycles. The molecular formula is C26H32N2O8S. The summed E-state index contributed by atoms with van der Waals surface area (Å²) in [5.74, 6) is -1.51. The number of amides is 2. The molecular weight excluding hydrogens is 500 g/mol. The number of carbonyl (C=O) groups excluding carboxylic acids is 3. The Kier molecular flexibility index (Phi) is 8.53. The van der Waals surface area contributed by atoms with Crippen LogP contribution in [0.4, 0.5) is 5.69 Å². The van der Waals surface area contributed by atoms with Crippen molar-refractivity contribution >= 4 is 33.5 Å². The van der Waals surface area contributed by atoms with Gasteiger partial charge in [0, 0.05) is 21.1 Å². The normalized spacial score (nSPS) is 16.2. The van der Waals surface area contributed by atoms with Crippen LogP contribution in [0, 0.1) is 27.7 Å². The Morgan fingerprint density at radius 3 is 2.05 bits per heavy atom. The first-order valence-electron chi connectivity index (χ1n) is 11.6. The molecule has 37 heavy (non-hydrogen) atoms. The maximum absolute atomic E-state index is 14.2. The molecule has 0 aromatic heterocycles. The SMILES string of the molecule is COC(CN(C1CC(=O)N(c2ccc(OC(C)=O)cc2)C1=O)S(=O)(=O)c1c(C)c(C)cc(C)c1C)OC. The van der Waals surface area contributed by atoms with Crippen LogP contribution in [-0.4, -0.2) is 63.6 Å². The summed E-state index contributed by atoms with van der Waals surface area (Å²) in [7, 11) is -1.54. The van der Waals surface area contributed by atoms with Crippen molar-refractivity contribution in [2.75, 3.05) is 25.7 Å². The summed E-state index contributed by atoms with van der Waals surface area (Å²) in [6.07, 6.45) is -1.33. The van der Waals surface area contributed by atoms with E-state index in [2.05, 4.69) is 0 Å². The molecule has 1 heterocycles. The Morgan fingerprint density at radius 2 is 1.57 bits per heavy atom. The molecule has 1 aliphatic heterocycles. The average Bonchev–Trinajstić information content (AvgIpc) is 3.12. The summed E-state index contributed by atoms with van der Waals surface area (Å²) < 4.78 is 44.9. The number of methoxy groups -OCH3 is 2. The number of rotatable bonds is 9. The predicted molar refractivity (Wildman–Crippen MR) is 136 cm³/mol. The number of hydrogen-bond donors (Lipinski definition) is 0. The third kappa shape index (κ3) is 5.59. The first-order chi connectivity index (χ1) is 17.3. The molecule has 1 aliphatic rings. The van der Waals surface area contributed by atoms with E-state index in [0.717, 1.165) is 20.3 Å². The van der Waals surface area contributed by atoms with Crippen molar-refractivity contribution in [1.29, 1.82) is 0 Å². The Hall–Kier alpha value is -3.12. The van der Waals surface area contributed by atoms with Crippen molar-refractivity contribution in [3.63, 3.8) is 0 Å². The molecule has 0 saturated carbocycles. The zero-order valence-corrected chi connectivity index (χ0v) is 22.8. The highest BCUT2D eigenvalue weighted by molar-refractivity contribution is 7.89. The van der Waals surface area contributed by atoms with Crippen LogP contribution in [0.1, 0.15) is 35.6 Å².